The minimum atomic E-state index is -0.346. The molecule has 3 rings (SSSR count). The fraction of sp³-hybridized carbons (Fsp3) is 0.222. The molecule has 4 nitrogen and oxygen atoms in total. The molecule has 0 bridgehead atoms. The second kappa shape index (κ2) is 5.64. The number of ether oxygens (including phenoxy) is 2. The van der Waals surface area contributed by atoms with Gasteiger partial charge in [0.2, 0.25) is 0 Å². The van der Waals surface area contributed by atoms with Gasteiger partial charge < -0.3 is 9.47 Å². The number of carbonyl (C=O) groups excluding carboxylic acids is 2. The molecule has 0 saturated heterocycles. The fourth-order valence-electron chi connectivity index (χ4n) is 2.84. The molecule has 0 aromatic heterocycles. The van der Waals surface area contributed by atoms with E-state index in [2.05, 4.69) is 0 Å². The highest BCUT2D eigenvalue weighted by atomic mass is 16.5. The average Bonchev–Trinajstić information content (AvgIpc) is 2.67. The molecule has 2 aromatic carbocycles. The summed E-state index contributed by atoms with van der Waals surface area (Å²) in [4.78, 5) is 22.6. The van der Waals surface area contributed by atoms with E-state index in [4.69, 9.17) is 9.47 Å². The Labute approximate surface area is 128 Å². The molecule has 0 N–H and O–H groups in total. The summed E-state index contributed by atoms with van der Waals surface area (Å²) in [7, 11) is 0. The second-order valence-electron chi connectivity index (χ2n) is 5.25. The first-order chi connectivity index (χ1) is 10.6. The van der Waals surface area contributed by atoms with Gasteiger partial charge in [0, 0.05) is 25.0 Å². The third kappa shape index (κ3) is 2.60. The lowest BCUT2D eigenvalue weighted by atomic mass is 9.96. The number of hydrogen-bond donors (Lipinski definition) is 0. The van der Waals surface area contributed by atoms with Gasteiger partial charge in [-0.1, -0.05) is 24.3 Å². The van der Waals surface area contributed by atoms with Crippen LogP contribution in [0.5, 0.6) is 11.5 Å². The molecule has 1 aliphatic carbocycles. The summed E-state index contributed by atoms with van der Waals surface area (Å²) in [5, 5.41) is 2.04. The van der Waals surface area contributed by atoms with Crippen molar-refractivity contribution in [1.29, 1.82) is 0 Å². The molecule has 0 spiro atoms. The van der Waals surface area contributed by atoms with Gasteiger partial charge in [-0.3, -0.25) is 9.59 Å². The number of esters is 2. The molecule has 0 radical (unpaired) electrons. The van der Waals surface area contributed by atoms with Crippen molar-refractivity contribution >= 4 is 22.7 Å². The van der Waals surface area contributed by atoms with Crippen LogP contribution in [0, 0.1) is 0 Å². The summed E-state index contributed by atoms with van der Waals surface area (Å²) in [6.07, 6.45) is 5.44. The van der Waals surface area contributed by atoms with Crippen molar-refractivity contribution in [1.82, 2.24) is 0 Å². The second-order valence-corrected chi connectivity index (χ2v) is 5.25. The van der Waals surface area contributed by atoms with Gasteiger partial charge in [0.05, 0.1) is 0 Å². The Morgan fingerprint density at radius 2 is 1.27 bits per heavy atom. The van der Waals surface area contributed by atoms with Crippen LogP contribution in [0.4, 0.5) is 0 Å². The molecule has 1 aliphatic rings. The highest BCUT2D eigenvalue weighted by Gasteiger charge is 2.18. The molecule has 0 fully saturated rings. The van der Waals surface area contributed by atoms with E-state index < -0.39 is 0 Å². The monoisotopic (exact) mass is 296 g/mol. The normalized spacial score (nSPS) is 12.8. The van der Waals surface area contributed by atoms with Crippen molar-refractivity contribution in [3.05, 3.63) is 47.5 Å². The van der Waals surface area contributed by atoms with E-state index in [1.807, 2.05) is 36.4 Å². The average molecular weight is 296 g/mol. The molecule has 4 heteroatoms. The number of benzene rings is 2. The van der Waals surface area contributed by atoms with Crippen molar-refractivity contribution < 1.29 is 19.1 Å². The zero-order valence-corrected chi connectivity index (χ0v) is 12.5. The van der Waals surface area contributed by atoms with E-state index in [0.717, 1.165) is 21.9 Å². The Bertz CT molecular complexity index is 740. The predicted octanol–water partition coefficient (Wildman–Crippen LogP) is 3.35. The van der Waals surface area contributed by atoms with E-state index in [-0.39, 0.29) is 11.9 Å². The van der Waals surface area contributed by atoms with Crippen molar-refractivity contribution in [2.24, 2.45) is 0 Å². The van der Waals surface area contributed by atoms with Crippen molar-refractivity contribution in [2.75, 3.05) is 0 Å². The van der Waals surface area contributed by atoms with Crippen LogP contribution in [-0.4, -0.2) is 11.9 Å². The number of hydrogen-bond acceptors (Lipinski definition) is 4. The number of rotatable bonds is 2. The smallest absolute Gasteiger partial charge is 0.308 e. The SMILES string of the molecule is CC(=O)Oc1ccc2ccc(OC(C)=O)c3c2c1CC=CC3. The Morgan fingerprint density at radius 1 is 0.818 bits per heavy atom. The lowest BCUT2D eigenvalue weighted by Crippen LogP contribution is -2.06. The van der Waals surface area contributed by atoms with Crippen LogP contribution in [0.2, 0.25) is 0 Å². The summed E-state index contributed by atoms with van der Waals surface area (Å²) in [5.74, 6) is 0.434. The summed E-state index contributed by atoms with van der Waals surface area (Å²) in [5.41, 5.74) is 1.90. The summed E-state index contributed by atoms with van der Waals surface area (Å²) in [6.45, 7) is 2.78. The third-order valence-electron chi connectivity index (χ3n) is 3.63. The van der Waals surface area contributed by atoms with E-state index in [0.29, 0.717) is 24.3 Å². The molecular formula is C18H16O4. The van der Waals surface area contributed by atoms with Crippen LogP contribution in [-0.2, 0) is 22.4 Å². The maximum Gasteiger partial charge on any atom is 0.308 e. The Morgan fingerprint density at radius 3 is 1.68 bits per heavy atom. The van der Waals surface area contributed by atoms with Crippen molar-refractivity contribution in [3.8, 4) is 11.5 Å². The molecule has 112 valence electrons. The van der Waals surface area contributed by atoms with Gasteiger partial charge in [0.1, 0.15) is 11.5 Å². The lowest BCUT2D eigenvalue weighted by Gasteiger charge is -2.15. The van der Waals surface area contributed by atoms with Crippen LogP contribution >= 0.6 is 0 Å². The van der Waals surface area contributed by atoms with Gasteiger partial charge in [0.15, 0.2) is 0 Å². The van der Waals surface area contributed by atoms with Gasteiger partial charge in [-0.15, -0.1) is 0 Å². The lowest BCUT2D eigenvalue weighted by molar-refractivity contribution is -0.132. The third-order valence-corrected chi connectivity index (χ3v) is 3.63. The number of carbonyl (C=O) groups is 2. The standard InChI is InChI=1S/C18H16O4/c1-11(19)21-16-9-7-13-8-10-17(22-12(2)20)15-6-4-3-5-14(16)18(13)15/h3-4,7-10H,5-6H2,1-2H3. The van der Waals surface area contributed by atoms with Gasteiger partial charge in [-0.2, -0.15) is 0 Å². The minimum Gasteiger partial charge on any atom is -0.426 e. The molecule has 22 heavy (non-hydrogen) atoms. The van der Waals surface area contributed by atoms with Crippen molar-refractivity contribution in [3.63, 3.8) is 0 Å². The summed E-state index contributed by atoms with van der Waals surface area (Å²) < 4.78 is 10.7. The Hall–Kier alpha value is -2.62. The van der Waals surface area contributed by atoms with Crippen LogP contribution in [0.3, 0.4) is 0 Å². The molecule has 0 atom stereocenters. The quantitative estimate of drug-likeness (QED) is 0.484. The predicted molar refractivity (Wildman–Crippen MR) is 83.1 cm³/mol. The Kier molecular flexibility index (Phi) is 3.67. The first-order valence-electron chi connectivity index (χ1n) is 7.15. The topological polar surface area (TPSA) is 52.6 Å². The highest BCUT2D eigenvalue weighted by Crippen LogP contribution is 2.37. The van der Waals surface area contributed by atoms with Crippen LogP contribution in [0.15, 0.2) is 36.4 Å². The maximum absolute atomic E-state index is 11.3. The van der Waals surface area contributed by atoms with Crippen LogP contribution in [0.1, 0.15) is 25.0 Å². The summed E-state index contributed by atoms with van der Waals surface area (Å²) >= 11 is 0. The molecule has 0 aliphatic heterocycles. The zero-order valence-electron chi connectivity index (χ0n) is 12.5. The first-order valence-corrected chi connectivity index (χ1v) is 7.15. The van der Waals surface area contributed by atoms with E-state index >= 15 is 0 Å². The van der Waals surface area contributed by atoms with Crippen LogP contribution in [0.25, 0.3) is 10.8 Å². The highest BCUT2D eigenvalue weighted by molar-refractivity contribution is 5.94. The molecular weight excluding hydrogens is 280 g/mol. The van der Waals surface area contributed by atoms with Gasteiger partial charge in [-0.05, 0) is 35.7 Å². The zero-order chi connectivity index (χ0) is 15.7. The molecule has 0 saturated carbocycles. The minimum absolute atomic E-state index is 0.346. The van der Waals surface area contributed by atoms with E-state index in [1.54, 1.807) is 0 Å². The van der Waals surface area contributed by atoms with Crippen molar-refractivity contribution in [2.45, 2.75) is 26.7 Å². The molecule has 0 amide bonds. The van der Waals surface area contributed by atoms with E-state index in [9.17, 15) is 9.59 Å². The fourth-order valence-corrected chi connectivity index (χ4v) is 2.84. The van der Waals surface area contributed by atoms with Crippen LogP contribution < -0.4 is 9.47 Å². The molecule has 2 aromatic rings. The largest absolute Gasteiger partial charge is 0.426 e. The molecule has 0 unspecified atom stereocenters. The first kappa shape index (κ1) is 14.3. The van der Waals surface area contributed by atoms with Gasteiger partial charge in [-0.25, -0.2) is 0 Å². The van der Waals surface area contributed by atoms with Gasteiger partial charge >= 0.3 is 11.9 Å². The maximum atomic E-state index is 11.3. The number of allylic oxidation sites excluding steroid dienone is 2. The molecule has 0 heterocycles. The van der Waals surface area contributed by atoms with E-state index in [1.165, 1.54) is 13.8 Å². The van der Waals surface area contributed by atoms with Gasteiger partial charge in [0.25, 0.3) is 0 Å². The summed E-state index contributed by atoms with van der Waals surface area (Å²) in [6, 6.07) is 7.47. The Balaban J connectivity index is 2.28.